The van der Waals surface area contributed by atoms with E-state index in [1.165, 1.54) is 0 Å². The van der Waals surface area contributed by atoms with Crippen molar-refractivity contribution in [3.8, 4) is 11.5 Å². The number of carbonyl (C=O) groups is 1. The second-order valence-corrected chi connectivity index (χ2v) is 5.25. The predicted octanol–water partition coefficient (Wildman–Crippen LogP) is 1.76. The summed E-state index contributed by atoms with van der Waals surface area (Å²) in [6, 6.07) is 11.2. The molecule has 1 aliphatic rings. The Morgan fingerprint density at radius 3 is 2.87 bits per heavy atom. The number of hydrogen-bond donors (Lipinski definition) is 2. The van der Waals surface area contributed by atoms with Crippen LogP contribution in [0.25, 0.3) is 0 Å². The van der Waals surface area contributed by atoms with Gasteiger partial charge in [0.1, 0.15) is 6.61 Å². The highest BCUT2D eigenvalue weighted by atomic mass is 16.6. The van der Waals surface area contributed by atoms with E-state index in [1.54, 1.807) is 12.4 Å². The van der Waals surface area contributed by atoms with Crippen molar-refractivity contribution >= 4 is 6.03 Å². The molecule has 1 aromatic carbocycles. The minimum Gasteiger partial charge on any atom is -0.486 e. The first-order valence-corrected chi connectivity index (χ1v) is 7.60. The third kappa shape index (κ3) is 4.35. The van der Waals surface area contributed by atoms with Crippen molar-refractivity contribution in [2.24, 2.45) is 0 Å². The highest BCUT2D eigenvalue weighted by Crippen LogP contribution is 2.30. The molecule has 2 N–H and O–H groups in total. The van der Waals surface area contributed by atoms with E-state index in [1.807, 2.05) is 36.4 Å². The van der Waals surface area contributed by atoms with E-state index in [0.29, 0.717) is 25.4 Å². The number of nitrogens with zero attached hydrogens (tertiary/aromatic N) is 1. The topological polar surface area (TPSA) is 72.5 Å². The molecule has 0 saturated heterocycles. The molecule has 2 aromatic rings. The number of aromatic nitrogens is 1. The normalized spacial score (nSPS) is 15.7. The van der Waals surface area contributed by atoms with Gasteiger partial charge in [-0.15, -0.1) is 0 Å². The number of carbonyl (C=O) groups excluding carboxylic acids is 1. The molecule has 0 spiro atoms. The fourth-order valence-corrected chi connectivity index (χ4v) is 2.30. The highest BCUT2D eigenvalue weighted by Gasteiger charge is 2.20. The van der Waals surface area contributed by atoms with Gasteiger partial charge < -0.3 is 20.1 Å². The van der Waals surface area contributed by atoms with Crippen molar-refractivity contribution < 1.29 is 14.3 Å². The summed E-state index contributed by atoms with van der Waals surface area (Å²) >= 11 is 0. The van der Waals surface area contributed by atoms with Crippen molar-refractivity contribution in [1.82, 2.24) is 15.6 Å². The molecule has 120 valence electrons. The second kappa shape index (κ2) is 7.49. The smallest absolute Gasteiger partial charge is 0.314 e. The van der Waals surface area contributed by atoms with Gasteiger partial charge in [-0.3, -0.25) is 4.98 Å². The molecule has 0 bridgehead atoms. The molecule has 0 radical (unpaired) electrons. The summed E-state index contributed by atoms with van der Waals surface area (Å²) < 4.78 is 11.4. The van der Waals surface area contributed by atoms with E-state index in [0.717, 1.165) is 17.7 Å². The lowest BCUT2D eigenvalue weighted by molar-refractivity contribution is 0.0918. The monoisotopic (exact) mass is 313 g/mol. The largest absolute Gasteiger partial charge is 0.486 e. The van der Waals surface area contributed by atoms with Gasteiger partial charge in [0.15, 0.2) is 17.6 Å². The molecule has 0 aliphatic carbocycles. The Morgan fingerprint density at radius 2 is 2.04 bits per heavy atom. The Bertz CT molecular complexity index is 649. The van der Waals surface area contributed by atoms with Gasteiger partial charge in [-0.2, -0.15) is 0 Å². The van der Waals surface area contributed by atoms with Gasteiger partial charge in [0.05, 0.1) is 6.54 Å². The van der Waals surface area contributed by atoms with E-state index in [4.69, 9.17) is 9.47 Å². The molecule has 1 aliphatic heterocycles. The Morgan fingerprint density at radius 1 is 1.17 bits per heavy atom. The molecule has 1 atom stereocenters. The Hall–Kier alpha value is -2.76. The summed E-state index contributed by atoms with van der Waals surface area (Å²) in [5.41, 5.74) is 1.09. The lowest BCUT2D eigenvalue weighted by Crippen LogP contribution is -2.44. The van der Waals surface area contributed by atoms with Crippen LogP contribution in [-0.4, -0.2) is 36.8 Å². The molecule has 2 amide bonds. The Labute approximate surface area is 134 Å². The van der Waals surface area contributed by atoms with Crippen LogP contribution in [0.1, 0.15) is 5.56 Å². The molecule has 0 unspecified atom stereocenters. The van der Waals surface area contributed by atoms with Crippen molar-refractivity contribution in [2.45, 2.75) is 12.5 Å². The molecular formula is C17H19N3O3. The number of para-hydroxylation sites is 2. The second-order valence-electron chi connectivity index (χ2n) is 5.25. The van der Waals surface area contributed by atoms with Gasteiger partial charge in [0.25, 0.3) is 0 Å². The standard InChI is InChI=1S/C17H19N3O3/c21-17(19-9-7-13-4-3-8-18-10-13)20-11-14-12-22-15-5-1-2-6-16(15)23-14/h1-6,8,10,14H,7,9,11-12H2,(H2,19,20,21)/t14-/m1/s1. The van der Waals surface area contributed by atoms with E-state index >= 15 is 0 Å². The first-order chi connectivity index (χ1) is 11.3. The zero-order valence-electron chi connectivity index (χ0n) is 12.7. The number of ether oxygens (including phenoxy) is 2. The molecule has 0 fully saturated rings. The summed E-state index contributed by atoms with van der Waals surface area (Å²) in [4.78, 5) is 15.8. The number of fused-ring (bicyclic) bond motifs is 1. The summed E-state index contributed by atoms with van der Waals surface area (Å²) in [5.74, 6) is 1.45. The maximum absolute atomic E-state index is 11.8. The zero-order valence-corrected chi connectivity index (χ0v) is 12.7. The fourth-order valence-electron chi connectivity index (χ4n) is 2.30. The number of urea groups is 1. The Balaban J connectivity index is 1.37. The van der Waals surface area contributed by atoms with Crippen LogP contribution in [-0.2, 0) is 6.42 Å². The van der Waals surface area contributed by atoms with Crippen LogP contribution in [0.5, 0.6) is 11.5 Å². The molecule has 1 aromatic heterocycles. The summed E-state index contributed by atoms with van der Waals surface area (Å²) in [7, 11) is 0. The van der Waals surface area contributed by atoms with Gasteiger partial charge >= 0.3 is 6.03 Å². The van der Waals surface area contributed by atoms with Crippen LogP contribution in [0.2, 0.25) is 0 Å². The van der Waals surface area contributed by atoms with Crippen LogP contribution in [0.3, 0.4) is 0 Å². The van der Waals surface area contributed by atoms with Crippen LogP contribution >= 0.6 is 0 Å². The number of hydrogen-bond acceptors (Lipinski definition) is 4. The fraction of sp³-hybridized carbons (Fsp3) is 0.294. The van der Waals surface area contributed by atoms with E-state index in [-0.39, 0.29) is 12.1 Å². The van der Waals surface area contributed by atoms with Crippen LogP contribution in [0.15, 0.2) is 48.8 Å². The zero-order chi connectivity index (χ0) is 15.9. The lowest BCUT2D eigenvalue weighted by Gasteiger charge is -2.26. The SMILES string of the molecule is O=C(NCCc1cccnc1)NC[C@@H]1COc2ccccc2O1. The first-order valence-electron chi connectivity index (χ1n) is 7.60. The first kappa shape index (κ1) is 15.1. The van der Waals surface area contributed by atoms with Crippen molar-refractivity contribution in [3.63, 3.8) is 0 Å². The number of amides is 2. The third-order valence-corrected chi connectivity index (χ3v) is 3.48. The number of rotatable bonds is 5. The molecular weight excluding hydrogens is 294 g/mol. The van der Waals surface area contributed by atoms with Gasteiger partial charge in [-0.25, -0.2) is 4.79 Å². The molecule has 0 saturated carbocycles. The summed E-state index contributed by atoms with van der Waals surface area (Å²) in [6.45, 7) is 1.38. The number of benzene rings is 1. The maximum Gasteiger partial charge on any atom is 0.314 e. The minimum atomic E-state index is -0.212. The van der Waals surface area contributed by atoms with Gasteiger partial charge in [-0.05, 0) is 30.2 Å². The summed E-state index contributed by atoms with van der Waals surface area (Å²) in [5, 5.41) is 5.61. The van der Waals surface area contributed by atoms with Crippen molar-refractivity contribution in [2.75, 3.05) is 19.7 Å². The number of nitrogens with one attached hydrogen (secondary N) is 2. The van der Waals surface area contributed by atoms with E-state index < -0.39 is 0 Å². The summed E-state index contributed by atoms with van der Waals surface area (Å²) in [6.07, 6.45) is 4.09. The molecule has 3 rings (SSSR count). The van der Waals surface area contributed by atoms with Crippen molar-refractivity contribution in [3.05, 3.63) is 54.4 Å². The predicted molar refractivity (Wildman–Crippen MR) is 85.7 cm³/mol. The van der Waals surface area contributed by atoms with Crippen LogP contribution < -0.4 is 20.1 Å². The van der Waals surface area contributed by atoms with Crippen molar-refractivity contribution in [1.29, 1.82) is 0 Å². The quantitative estimate of drug-likeness (QED) is 0.882. The van der Waals surface area contributed by atoms with Gasteiger partial charge in [-0.1, -0.05) is 18.2 Å². The average Bonchev–Trinajstić information content (AvgIpc) is 2.61. The lowest BCUT2D eigenvalue weighted by atomic mass is 10.2. The minimum absolute atomic E-state index is 0.186. The van der Waals surface area contributed by atoms with Crippen LogP contribution in [0.4, 0.5) is 4.79 Å². The van der Waals surface area contributed by atoms with Crippen LogP contribution in [0, 0.1) is 0 Å². The Kier molecular flexibility index (Phi) is 4.93. The molecule has 6 heteroatoms. The molecule has 2 heterocycles. The van der Waals surface area contributed by atoms with E-state index in [2.05, 4.69) is 15.6 Å². The highest BCUT2D eigenvalue weighted by molar-refractivity contribution is 5.73. The maximum atomic E-state index is 11.8. The van der Waals surface area contributed by atoms with E-state index in [9.17, 15) is 4.79 Å². The molecule has 23 heavy (non-hydrogen) atoms. The third-order valence-electron chi connectivity index (χ3n) is 3.48. The van der Waals surface area contributed by atoms with Gasteiger partial charge in [0, 0.05) is 18.9 Å². The number of pyridine rings is 1. The molecule has 6 nitrogen and oxygen atoms in total. The average molecular weight is 313 g/mol. The van der Waals surface area contributed by atoms with Gasteiger partial charge in [0.2, 0.25) is 0 Å².